The standard InChI is InChI=1S/C31H62Br2/c1-2-3-4-5-6-7-8-9-10-11-12-13-14-15-16-17-18-19-20-21-22-23-24-25-26-27-28-29-30-31(32)33/h31H,2-30H2,1H3. The van der Waals surface area contributed by atoms with Gasteiger partial charge in [0.25, 0.3) is 0 Å². The molecule has 0 aromatic rings. The van der Waals surface area contributed by atoms with E-state index in [1.807, 2.05) is 0 Å². The van der Waals surface area contributed by atoms with Gasteiger partial charge in [-0.1, -0.05) is 219 Å². The van der Waals surface area contributed by atoms with Crippen LogP contribution in [0.2, 0.25) is 0 Å². The van der Waals surface area contributed by atoms with E-state index < -0.39 is 0 Å². The molecule has 0 aromatic heterocycles. The Labute approximate surface area is 227 Å². The highest BCUT2D eigenvalue weighted by molar-refractivity contribution is 9.24. The van der Waals surface area contributed by atoms with Gasteiger partial charge in [0.05, 0.1) is 3.74 Å². The molecule has 0 aliphatic rings. The van der Waals surface area contributed by atoms with E-state index in [1.165, 1.54) is 186 Å². The van der Waals surface area contributed by atoms with Crippen LogP contribution in [0.1, 0.15) is 193 Å². The Morgan fingerprint density at radius 2 is 0.485 bits per heavy atom. The molecule has 0 aromatic carbocycles. The SMILES string of the molecule is CCCCCCCCCCCCCCCCCCCCCCCCCCCCCCC(Br)Br. The van der Waals surface area contributed by atoms with Gasteiger partial charge in [0.15, 0.2) is 0 Å². The monoisotopic (exact) mass is 592 g/mol. The predicted molar refractivity (Wildman–Crippen MR) is 161 cm³/mol. The first-order chi connectivity index (χ1) is 16.3. The van der Waals surface area contributed by atoms with Gasteiger partial charge in [-0.25, -0.2) is 0 Å². The highest BCUT2D eigenvalue weighted by Gasteiger charge is 1.98. The number of alkyl halides is 2. The fraction of sp³-hybridized carbons (Fsp3) is 1.00. The summed E-state index contributed by atoms with van der Waals surface area (Å²) < 4.78 is 0.522. The van der Waals surface area contributed by atoms with Gasteiger partial charge in [0.2, 0.25) is 0 Å². The molecule has 2 heteroatoms. The van der Waals surface area contributed by atoms with Crippen LogP contribution in [-0.2, 0) is 0 Å². The lowest BCUT2D eigenvalue weighted by molar-refractivity contribution is 0.514. The van der Waals surface area contributed by atoms with Crippen LogP contribution < -0.4 is 0 Å². The Morgan fingerprint density at radius 3 is 0.667 bits per heavy atom. The molecule has 0 atom stereocenters. The molecule has 0 unspecified atom stereocenters. The molecule has 0 amide bonds. The van der Waals surface area contributed by atoms with Gasteiger partial charge < -0.3 is 0 Å². The number of hydrogen-bond acceptors (Lipinski definition) is 0. The lowest BCUT2D eigenvalue weighted by atomic mass is 10.0. The summed E-state index contributed by atoms with van der Waals surface area (Å²) in [6, 6.07) is 0. The summed E-state index contributed by atoms with van der Waals surface area (Å²) in [7, 11) is 0. The molecular weight excluding hydrogens is 532 g/mol. The Morgan fingerprint density at radius 1 is 0.303 bits per heavy atom. The second kappa shape index (κ2) is 31.0. The van der Waals surface area contributed by atoms with Crippen LogP contribution in [0.25, 0.3) is 0 Å². The van der Waals surface area contributed by atoms with Gasteiger partial charge in [0, 0.05) is 0 Å². The topological polar surface area (TPSA) is 0 Å². The third-order valence-corrected chi connectivity index (χ3v) is 8.19. The Balaban J connectivity index is 3.00. The fourth-order valence-electron chi connectivity index (χ4n) is 4.97. The number of halogens is 2. The average molecular weight is 595 g/mol. The minimum atomic E-state index is 0.522. The Kier molecular flexibility index (Phi) is 31.9. The van der Waals surface area contributed by atoms with Gasteiger partial charge >= 0.3 is 0 Å². The van der Waals surface area contributed by atoms with E-state index >= 15 is 0 Å². The molecule has 0 N–H and O–H groups in total. The first kappa shape index (κ1) is 34.0. The van der Waals surface area contributed by atoms with Gasteiger partial charge in [-0.05, 0) is 6.42 Å². The minimum absolute atomic E-state index is 0.522. The second-order valence-electron chi connectivity index (χ2n) is 10.7. The zero-order chi connectivity index (χ0) is 24.1. The van der Waals surface area contributed by atoms with Crippen molar-refractivity contribution >= 4 is 31.9 Å². The highest BCUT2D eigenvalue weighted by atomic mass is 79.9. The molecule has 0 aliphatic heterocycles. The average Bonchev–Trinajstić information content (AvgIpc) is 2.80. The van der Waals surface area contributed by atoms with Crippen molar-refractivity contribution in [3.8, 4) is 0 Å². The van der Waals surface area contributed by atoms with Crippen LogP contribution in [0.4, 0.5) is 0 Å². The van der Waals surface area contributed by atoms with Crippen molar-refractivity contribution in [1.82, 2.24) is 0 Å². The first-order valence-corrected chi connectivity index (χ1v) is 17.4. The van der Waals surface area contributed by atoms with Gasteiger partial charge in [-0.2, -0.15) is 0 Å². The van der Waals surface area contributed by atoms with Crippen LogP contribution in [0.5, 0.6) is 0 Å². The van der Waals surface area contributed by atoms with Crippen molar-refractivity contribution in [2.24, 2.45) is 0 Å². The summed E-state index contributed by atoms with van der Waals surface area (Å²) in [5, 5.41) is 0. The van der Waals surface area contributed by atoms with Crippen molar-refractivity contribution in [2.75, 3.05) is 0 Å². The fourth-order valence-corrected chi connectivity index (χ4v) is 5.62. The van der Waals surface area contributed by atoms with Crippen molar-refractivity contribution < 1.29 is 0 Å². The Bertz CT molecular complexity index is 329. The zero-order valence-electron chi connectivity index (χ0n) is 22.8. The summed E-state index contributed by atoms with van der Waals surface area (Å²) in [4.78, 5) is 0. The molecule has 0 spiro atoms. The third kappa shape index (κ3) is 33.0. The quantitative estimate of drug-likeness (QED) is 0.0597. The lowest BCUT2D eigenvalue weighted by Gasteiger charge is -2.05. The van der Waals surface area contributed by atoms with E-state index in [0.717, 1.165) is 0 Å². The summed E-state index contributed by atoms with van der Waals surface area (Å²) >= 11 is 7.12. The van der Waals surface area contributed by atoms with Crippen molar-refractivity contribution in [2.45, 2.75) is 197 Å². The normalized spacial score (nSPS) is 11.6. The number of unbranched alkanes of at least 4 members (excludes halogenated alkanes) is 27. The summed E-state index contributed by atoms with van der Waals surface area (Å²) in [6.45, 7) is 2.31. The van der Waals surface area contributed by atoms with E-state index in [9.17, 15) is 0 Å². The Hall–Kier alpha value is 0.960. The maximum absolute atomic E-state index is 3.56. The second-order valence-corrected chi connectivity index (χ2v) is 14.2. The maximum atomic E-state index is 3.56. The van der Waals surface area contributed by atoms with E-state index in [2.05, 4.69) is 38.8 Å². The molecular formula is C31H62Br2. The molecule has 0 nitrogen and oxygen atoms in total. The van der Waals surface area contributed by atoms with E-state index in [0.29, 0.717) is 3.74 Å². The molecule has 200 valence electrons. The highest BCUT2D eigenvalue weighted by Crippen LogP contribution is 2.18. The molecule has 0 saturated heterocycles. The zero-order valence-corrected chi connectivity index (χ0v) is 26.0. The van der Waals surface area contributed by atoms with Crippen LogP contribution in [0.3, 0.4) is 0 Å². The van der Waals surface area contributed by atoms with Crippen LogP contribution in [0, 0.1) is 0 Å². The van der Waals surface area contributed by atoms with E-state index in [-0.39, 0.29) is 0 Å². The molecule has 0 saturated carbocycles. The van der Waals surface area contributed by atoms with Crippen molar-refractivity contribution in [3.63, 3.8) is 0 Å². The lowest BCUT2D eigenvalue weighted by Crippen LogP contribution is -1.86. The van der Waals surface area contributed by atoms with Gasteiger partial charge in [0.1, 0.15) is 0 Å². The summed E-state index contributed by atoms with van der Waals surface area (Å²) in [5.74, 6) is 0. The number of hydrogen-bond donors (Lipinski definition) is 0. The third-order valence-electron chi connectivity index (χ3n) is 7.28. The molecule has 0 rings (SSSR count). The number of rotatable bonds is 29. The van der Waals surface area contributed by atoms with Crippen molar-refractivity contribution in [1.29, 1.82) is 0 Å². The molecule has 0 fully saturated rings. The summed E-state index contributed by atoms with van der Waals surface area (Å²) in [5.41, 5.74) is 0. The van der Waals surface area contributed by atoms with E-state index in [1.54, 1.807) is 0 Å². The van der Waals surface area contributed by atoms with Gasteiger partial charge in [-0.15, -0.1) is 0 Å². The molecule has 0 bridgehead atoms. The summed E-state index contributed by atoms with van der Waals surface area (Å²) in [6.07, 6.45) is 42.4. The largest absolute Gasteiger partial charge is 0.0765 e. The van der Waals surface area contributed by atoms with Gasteiger partial charge in [-0.3, -0.25) is 0 Å². The molecule has 0 aliphatic carbocycles. The minimum Gasteiger partial charge on any atom is -0.0765 e. The first-order valence-electron chi connectivity index (χ1n) is 15.6. The predicted octanol–water partition coefficient (Wildman–Crippen LogP) is 13.4. The van der Waals surface area contributed by atoms with Crippen LogP contribution in [0.15, 0.2) is 0 Å². The molecule has 0 radical (unpaired) electrons. The molecule has 0 heterocycles. The van der Waals surface area contributed by atoms with Crippen LogP contribution >= 0.6 is 31.9 Å². The maximum Gasteiger partial charge on any atom is 0.0697 e. The van der Waals surface area contributed by atoms with Crippen LogP contribution in [-0.4, -0.2) is 3.74 Å². The van der Waals surface area contributed by atoms with Crippen molar-refractivity contribution in [3.05, 3.63) is 0 Å². The smallest absolute Gasteiger partial charge is 0.0697 e. The van der Waals surface area contributed by atoms with E-state index in [4.69, 9.17) is 0 Å². The molecule has 33 heavy (non-hydrogen) atoms.